The third-order valence-corrected chi connectivity index (χ3v) is 2.79. The van der Waals surface area contributed by atoms with Crippen LogP contribution in [0.3, 0.4) is 0 Å². The van der Waals surface area contributed by atoms with Crippen molar-refractivity contribution in [3.8, 4) is 17.1 Å². The van der Waals surface area contributed by atoms with E-state index in [0.717, 1.165) is 11.3 Å². The van der Waals surface area contributed by atoms with Crippen LogP contribution < -0.4 is 5.73 Å². The van der Waals surface area contributed by atoms with E-state index in [4.69, 9.17) is 5.73 Å². The average molecular weight is 240 g/mol. The number of rotatable bonds is 2. The SMILES string of the molecule is NCc1cccc2nc(-c3ccccc3O)nn12. The van der Waals surface area contributed by atoms with Crippen LogP contribution in [0.15, 0.2) is 42.5 Å². The van der Waals surface area contributed by atoms with Crippen molar-refractivity contribution < 1.29 is 5.11 Å². The van der Waals surface area contributed by atoms with Gasteiger partial charge in [-0.3, -0.25) is 0 Å². The van der Waals surface area contributed by atoms with Gasteiger partial charge in [0, 0.05) is 6.54 Å². The molecule has 5 heteroatoms. The van der Waals surface area contributed by atoms with Crippen molar-refractivity contribution in [2.75, 3.05) is 0 Å². The Hall–Kier alpha value is -2.40. The predicted molar refractivity (Wildman–Crippen MR) is 68.0 cm³/mol. The Morgan fingerprint density at radius 1 is 1.11 bits per heavy atom. The van der Waals surface area contributed by atoms with Gasteiger partial charge in [-0.1, -0.05) is 18.2 Å². The first kappa shape index (κ1) is 10.7. The molecule has 0 aliphatic carbocycles. The number of benzene rings is 1. The lowest BCUT2D eigenvalue weighted by atomic mass is 10.2. The summed E-state index contributed by atoms with van der Waals surface area (Å²) < 4.78 is 1.70. The van der Waals surface area contributed by atoms with Crippen molar-refractivity contribution in [1.29, 1.82) is 0 Å². The first-order chi connectivity index (χ1) is 8.79. The molecule has 2 heterocycles. The number of hydrogen-bond acceptors (Lipinski definition) is 4. The third kappa shape index (κ3) is 1.61. The molecule has 2 aromatic heterocycles. The highest BCUT2D eigenvalue weighted by Gasteiger charge is 2.11. The van der Waals surface area contributed by atoms with E-state index in [9.17, 15) is 5.11 Å². The van der Waals surface area contributed by atoms with Gasteiger partial charge in [-0.05, 0) is 24.3 Å². The first-order valence-corrected chi connectivity index (χ1v) is 5.62. The number of para-hydroxylation sites is 1. The second-order valence-electron chi connectivity index (χ2n) is 3.94. The average Bonchev–Trinajstić information content (AvgIpc) is 2.82. The first-order valence-electron chi connectivity index (χ1n) is 5.62. The van der Waals surface area contributed by atoms with E-state index in [1.54, 1.807) is 22.7 Å². The number of nitrogens with zero attached hydrogens (tertiary/aromatic N) is 3. The van der Waals surface area contributed by atoms with Gasteiger partial charge < -0.3 is 10.8 Å². The Morgan fingerprint density at radius 3 is 2.72 bits per heavy atom. The summed E-state index contributed by atoms with van der Waals surface area (Å²) in [7, 11) is 0. The van der Waals surface area contributed by atoms with E-state index in [2.05, 4.69) is 10.1 Å². The van der Waals surface area contributed by atoms with E-state index in [1.165, 1.54) is 0 Å². The fraction of sp³-hybridized carbons (Fsp3) is 0.0769. The number of aromatic hydroxyl groups is 1. The molecule has 0 bridgehead atoms. The normalized spacial score (nSPS) is 10.9. The van der Waals surface area contributed by atoms with Crippen LogP contribution in [-0.4, -0.2) is 19.7 Å². The molecule has 3 aromatic rings. The molecule has 0 saturated heterocycles. The Labute approximate surface area is 104 Å². The molecule has 0 fully saturated rings. The van der Waals surface area contributed by atoms with E-state index in [1.807, 2.05) is 24.3 Å². The summed E-state index contributed by atoms with van der Waals surface area (Å²) in [5, 5.41) is 14.2. The topological polar surface area (TPSA) is 76.4 Å². The van der Waals surface area contributed by atoms with Gasteiger partial charge in [-0.2, -0.15) is 0 Å². The molecule has 0 spiro atoms. The minimum absolute atomic E-state index is 0.169. The monoisotopic (exact) mass is 240 g/mol. The van der Waals surface area contributed by atoms with Gasteiger partial charge in [0.05, 0.1) is 11.3 Å². The molecular formula is C13H12N4O. The summed E-state index contributed by atoms with van der Waals surface area (Å²) in [5.74, 6) is 0.664. The fourth-order valence-corrected chi connectivity index (χ4v) is 1.89. The molecule has 3 N–H and O–H groups in total. The van der Waals surface area contributed by atoms with Gasteiger partial charge in [0.2, 0.25) is 0 Å². The Morgan fingerprint density at radius 2 is 1.94 bits per heavy atom. The molecule has 0 aliphatic rings. The molecule has 1 aromatic carbocycles. The van der Waals surface area contributed by atoms with Crippen LogP contribution >= 0.6 is 0 Å². The highest BCUT2D eigenvalue weighted by Crippen LogP contribution is 2.26. The lowest BCUT2D eigenvalue weighted by Gasteiger charge is -1.99. The van der Waals surface area contributed by atoms with Gasteiger partial charge >= 0.3 is 0 Å². The second-order valence-corrected chi connectivity index (χ2v) is 3.94. The van der Waals surface area contributed by atoms with Gasteiger partial charge in [0.15, 0.2) is 11.5 Å². The van der Waals surface area contributed by atoms with Gasteiger partial charge in [-0.25, -0.2) is 9.50 Å². The lowest BCUT2D eigenvalue weighted by Crippen LogP contribution is -2.04. The van der Waals surface area contributed by atoms with E-state index >= 15 is 0 Å². The number of nitrogens with two attached hydrogens (primary N) is 1. The molecule has 90 valence electrons. The molecule has 5 nitrogen and oxygen atoms in total. The van der Waals surface area contributed by atoms with Crippen LogP contribution in [0.5, 0.6) is 5.75 Å². The zero-order chi connectivity index (χ0) is 12.5. The molecular weight excluding hydrogens is 228 g/mol. The van der Waals surface area contributed by atoms with Gasteiger partial charge in [0.1, 0.15) is 5.75 Å². The maximum atomic E-state index is 9.80. The Bertz CT molecular complexity index is 705. The maximum absolute atomic E-state index is 9.80. The van der Waals surface area contributed by atoms with E-state index < -0.39 is 0 Å². The van der Waals surface area contributed by atoms with Crippen LogP contribution in [-0.2, 0) is 6.54 Å². The van der Waals surface area contributed by atoms with Crippen LogP contribution in [0.2, 0.25) is 0 Å². The lowest BCUT2D eigenvalue weighted by molar-refractivity contribution is 0.477. The fourth-order valence-electron chi connectivity index (χ4n) is 1.89. The number of aromatic nitrogens is 3. The summed E-state index contributed by atoms with van der Waals surface area (Å²) in [5.41, 5.74) is 7.87. The van der Waals surface area contributed by atoms with E-state index in [0.29, 0.717) is 17.9 Å². The Kier molecular flexibility index (Phi) is 2.46. The standard InChI is InChI=1S/C13H12N4O/c14-8-9-4-3-7-12-15-13(16-17(9)12)10-5-1-2-6-11(10)18/h1-7,18H,8,14H2. The number of pyridine rings is 1. The third-order valence-electron chi connectivity index (χ3n) is 2.79. The maximum Gasteiger partial charge on any atom is 0.185 e. The van der Waals surface area contributed by atoms with Crippen LogP contribution in [0.4, 0.5) is 0 Å². The Balaban J connectivity index is 2.23. The van der Waals surface area contributed by atoms with Gasteiger partial charge in [-0.15, -0.1) is 5.10 Å². The summed E-state index contributed by atoms with van der Waals surface area (Å²) >= 11 is 0. The van der Waals surface area contributed by atoms with Crippen LogP contribution in [0.1, 0.15) is 5.69 Å². The van der Waals surface area contributed by atoms with Crippen molar-refractivity contribution in [3.63, 3.8) is 0 Å². The van der Waals surface area contributed by atoms with Crippen molar-refractivity contribution in [2.24, 2.45) is 5.73 Å². The summed E-state index contributed by atoms with van der Waals surface area (Å²) in [6, 6.07) is 12.6. The molecule has 0 saturated carbocycles. The minimum Gasteiger partial charge on any atom is -0.507 e. The van der Waals surface area contributed by atoms with Gasteiger partial charge in [0.25, 0.3) is 0 Å². The largest absolute Gasteiger partial charge is 0.507 e. The zero-order valence-corrected chi connectivity index (χ0v) is 9.61. The molecule has 0 amide bonds. The molecule has 0 atom stereocenters. The quantitative estimate of drug-likeness (QED) is 0.712. The zero-order valence-electron chi connectivity index (χ0n) is 9.61. The van der Waals surface area contributed by atoms with E-state index in [-0.39, 0.29) is 5.75 Å². The molecule has 18 heavy (non-hydrogen) atoms. The van der Waals surface area contributed by atoms with Crippen molar-refractivity contribution >= 4 is 5.65 Å². The number of phenolic OH excluding ortho intramolecular Hbond substituents is 1. The highest BCUT2D eigenvalue weighted by molar-refractivity contribution is 5.65. The smallest absolute Gasteiger partial charge is 0.185 e. The summed E-state index contributed by atoms with van der Waals surface area (Å²) in [6.07, 6.45) is 0. The molecule has 3 rings (SSSR count). The predicted octanol–water partition coefficient (Wildman–Crippen LogP) is 1.56. The molecule has 0 radical (unpaired) electrons. The van der Waals surface area contributed by atoms with Crippen molar-refractivity contribution in [2.45, 2.75) is 6.54 Å². The number of phenols is 1. The number of fused-ring (bicyclic) bond motifs is 1. The number of hydrogen-bond donors (Lipinski definition) is 2. The molecule has 0 aliphatic heterocycles. The second kappa shape index (κ2) is 4.12. The van der Waals surface area contributed by atoms with Crippen molar-refractivity contribution in [1.82, 2.24) is 14.6 Å². The highest BCUT2D eigenvalue weighted by atomic mass is 16.3. The molecule has 0 unspecified atom stereocenters. The minimum atomic E-state index is 0.169. The van der Waals surface area contributed by atoms with Crippen LogP contribution in [0.25, 0.3) is 17.0 Å². The van der Waals surface area contributed by atoms with Crippen LogP contribution in [0, 0.1) is 0 Å². The summed E-state index contributed by atoms with van der Waals surface area (Å²) in [6.45, 7) is 0.390. The summed E-state index contributed by atoms with van der Waals surface area (Å²) in [4.78, 5) is 4.39. The van der Waals surface area contributed by atoms with Crippen molar-refractivity contribution in [3.05, 3.63) is 48.2 Å².